The van der Waals surface area contributed by atoms with E-state index >= 15 is 4.39 Å². The molecular formula is C32H34FN5O3. The van der Waals surface area contributed by atoms with Crippen LogP contribution >= 0.6 is 0 Å². The van der Waals surface area contributed by atoms with Gasteiger partial charge in [-0.25, -0.2) is 4.39 Å². The first-order valence-electron chi connectivity index (χ1n) is 14.9. The smallest absolute Gasteiger partial charge is 0.319 e. The molecule has 4 aromatic rings. The molecule has 0 saturated carbocycles. The lowest BCUT2D eigenvalue weighted by atomic mass is 9.88. The number of fused-ring (bicyclic) bond motifs is 5. The molecule has 2 bridgehead atoms. The van der Waals surface area contributed by atoms with E-state index in [1.165, 1.54) is 12.8 Å². The van der Waals surface area contributed by atoms with Crippen molar-refractivity contribution < 1.29 is 19.0 Å². The molecule has 2 aromatic carbocycles. The van der Waals surface area contributed by atoms with E-state index in [1.807, 2.05) is 24.3 Å². The van der Waals surface area contributed by atoms with Crippen molar-refractivity contribution in [2.45, 2.75) is 37.6 Å². The van der Waals surface area contributed by atoms with Gasteiger partial charge in [-0.3, -0.25) is 9.88 Å². The second kappa shape index (κ2) is 9.77. The molecule has 0 aliphatic carbocycles. The van der Waals surface area contributed by atoms with Gasteiger partial charge >= 0.3 is 6.01 Å². The number of hydrogen-bond donors (Lipinski definition) is 1. The van der Waals surface area contributed by atoms with Crippen molar-refractivity contribution in [3.05, 3.63) is 48.4 Å². The zero-order valence-corrected chi connectivity index (χ0v) is 23.1. The molecule has 4 aliphatic heterocycles. The van der Waals surface area contributed by atoms with Crippen molar-refractivity contribution in [2.75, 3.05) is 50.9 Å². The van der Waals surface area contributed by atoms with Gasteiger partial charge in [0.2, 0.25) is 0 Å². The van der Waals surface area contributed by atoms with Crippen molar-refractivity contribution >= 4 is 27.5 Å². The Kier molecular flexibility index (Phi) is 6.00. The number of pyridine rings is 1. The van der Waals surface area contributed by atoms with E-state index in [0.717, 1.165) is 69.4 Å². The molecule has 4 aliphatic rings. The molecule has 212 valence electrons. The van der Waals surface area contributed by atoms with Crippen LogP contribution < -0.4 is 9.64 Å². The topological polar surface area (TPSA) is 83.8 Å². The maximum Gasteiger partial charge on any atom is 0.319 e. The molecule has 4 saturated heterocycles. The summed E-state index contributed by atoms with van der Waals surface area (Å²) in [6.45, 7) is 5.77. The monoisotopic (exact) mass is 555 g/mol. The molecule has 0 radical (unpaired) electrons. The van der Waals surface area contributed by atoms with Crippen LogP contribution in [0, 0.1) is 17.7 Å². The normalized spacial score (nSPS) is 23.8. The lowest BCUT2D eigenvalue weighted by Crippen LogP contribution is -2.47. The van der Waals surface area contributed by atoms with E-state index in [0.29, 0.717) is 35.2 Å². The second-order valence-electron chi connectivity index (χ2n) is 12.3. The van der Waals surface area contributed by atoms with Gasteiger partial charge in [-0.15, -0.1) is 0 Å². The Morgan fingerprint density at radius 3 is 2.61 bits per heavy atom. The second-order valence-corrected chi connectivity index (χ2v) is 12.3. The average molecular weight is 556 g/mol. The number of hydrogen-bond acceptors (Lipinski definition) is 8. The van der Waals surface area contributed by atoms with Crippen LogP contribution in [0.2, 0.25) is 0 Å². The minimum Gasteiger partial charge on any atom is -0.508 e. The number of rotatable bonds is 5. The van der Waals surface area contributed by atoms with E-state index in [9.17, 15) is 5.11 Å². The molecule has 8 rings (SSSR count). The molecule has 2 aromatic heterocycles. The Hall–Kier alpha value is -3.56. The van der Waals surface area contributed by atoms with E-state index in [1.54, 1.807) is 18.3 Å². The first-order chi connectivity index (χ1) is 20.1. The number of ether oxygens (including phenoxy) is 2. The number of aromatic nitrogens is 3. The number of phenols is 1. The molecule has 2 atom stereocenters. The third-order valence-electron chi connectivity index (χ3n) is 9.66. The van der Waals surface area contributed by atoms with Gasteiger partial charge in [-0.2, -0.15) is 9.97 Å². The lowest BCUT2D eigenvalue weighted by molar-refractivity contribution is 0.00611. The van der Waals surface area contributed by atoms with E-state index in [2.05, 4.69) is 19.8 Å². The molecule has 8 nitrogen and oxygen atoms in total. The highest BCUT2D eigenvalue weighted by Gasteiger charge is 2.45. The zero-order valence-electron chi connectivity index (χ0n) is 23.1. The summed E-state index contributed by atoms with van der Waals surface area (Å²) in [7, 11) is 0. The molecular weight excluding hydrogens is 521 g/mol. The van der Waals surface area contributed by atoms with Crippen LogP contribution in [-0.4, -0.2) is 76.5 Å². The molecule has 0 amide bonds. The minimum atomic E-state index is -0.534. The van der Waals surface area contributed by atoms with Gasteiger partial charge in [0.25, 0.3) is 0 Å². The Balaban J connectivity index is 1.25. The average Bonchev–Trinajstić information content (AvgIpc) is 3.56. The largest absolute Gasteiger partial charge is 0.508 e. The summed E-state index contributed by atoms with van der Waals surface area (Å²) >= 11 is 0. The fraction of sp³-hybridized carbons (Fsp3) is 0.469. The van der Waals surface area contributed by atoms with Crippen molar-refractivity contribution in [1.82, 2.24) is 19.9 Å². The van der Waals surface area contributed by atoms with E-state index in [-0.39, 0.29) is 28.5 Å². The number of piperidine rings is 1. The summed E-state index contributed by atoms with van der Waals surface area (Å²) in [5.41, 5.74) is 0.904. The third-order valence-corrected chi connectivity index (χ3v) is 9.66. The highest BCUT2D eigenvalue weighted by atomic mass is 19.1. The Morgan fingerprint density at radius 2 is 1.80 bits per heavy atom. The molecule has 9 heteroatoms. The number of phenolic OH excluding ortho intramolecular Hbond substituents is 1. The highest BCUT2D eigenvalue weighted by Crippen LogP contribution is 2.41. The fourth-order valence-electron chi connectivity index (χ4n) is 7.80. The van der Waals surface area contributed by atoms with Crippen LogP contribution in [0.5, 0.6) is 11.8 Å². The van der Waals surface area contributed by atoms with Gasteiger partial charge in [0.1, 0.15) is 29.4 Å². The summed E-state index contributed by atoms with van der Waals surface area (Å²) in [5.74, 6) is 1.03. The SMILES string of the molecule is Oc1cc(-c2ncc3c(N4CC5COCC(C5)C4)nc(OCC45CCCN4CCC5)nc3c2F)c2ccccc2c1. The molecule has 4 fully saturated rings. The molecule has 2 unspecified atom stereocenters. The maximum absolute atomic E-state index is 16.6. The van der Waals surface area contributed by atoms with E-state index < -0.39 is 5.82 Å². The number of anilines is 1. The quantitative estimate of drug-likeness (QED) is 0.361. The van der Waals surface area contributed by atoms with Crippen LogP contribution in [0.25, 0.3) is 32.9 Å². The number of aromatic hydroxyl groups is 1. The summed E-state index contributed by atoms with van der Waals surface area (Å²) < 4.78 is 28.8. The van der Waals surface area contributed by atoms with Gasteiger partial charge in [0.05, 0.1) is 24.1 Å². The van der Waals surface area contributed by atoms with Gasteiger partial charge in [-0.05, 0) is 68.1 Å². The van der Waals surface area contributed by atoms with E-state index in [4.69, 9.17) is 14.5 Å². The Labute approximate surface area is 238 Å². The lowest BCUT2D eigenvalue weighted by Gasteiger charge is -2.42. The molecule has 41 heavy (non-hydrogen) atoms. The molecule has 0 spiro atoms. The maximum atomic E-state index is 16.6. The van der Waals surface area contributed by atoms with Crippen LogP contribution in [0.1, 0.15) is 32.1 Å². The summed E-state index contributed by atoms with van der Waals surface area (Å²) in [6.07, 6.45) is 7.38. The third kappa shape index (κ3) is 4.28. The van der Waals surface area contributed by atoms with Gasteiger partial charge < -0.3 is 19.5 Å². The predicted octanol–water partition coefficient (Wildman–Crippen LogP) is 5.17. The van der Waals surface area contributed by atoms with Gasteiger partial charge in [0, 0.05) is 36.7 Å². The number of halogens is 1. The van der Waals surface area contributed by atoms with Crippen molar-refractivity contribution in [3.8, 4) is 23.0 Å². The Morgan fingerprint density at radius 1 is 1.02 bits per heavy atom. The minimum absolute atomic E-state index is 0.0282. The van der Waals surface area contributed by atoms with Crippen molar-refractivity contribution in [1.29, 1.82) is 0 Å². The van der Waals surface area contributed by atoms with Crippen LogP contribution in [0.4, 0.5) is 10.2 Å². The molecule has 1 N–H and O–H groups in total. The van der Waals surface area contributed by atoms with Gasteiger partial charge in [-0.1, -0.05) is 24.3 Å². The standard InChI is InChI=1S/C32H34FN5O3/c33-27-28(25-13-23(39)12-22-5-1-2-6-24(22)25)34-14-26-29(27)35-31(41-19-32-7-3-9-38(32)10-4-8-32)36-30(26)37-15-20-11-21(16-37)18-40-17-20/h1-2,5-6,12-14,20-21,39H,3-4,7-11,15-19H2. The van der Waals surface area contributed by atoms with Crippen molar-refractivity contribution in [3.63, 3.8) is 0 Å². The number of nitrogens with zero attached hydrogens (tertiary/aromatic N) is 5. The summed E-state index contributed by atoms with van der Waals surface area (Å²) in [4.78, 5) is 19.0. The first-order valence-corrected chi connectivity index (χ1v) is 14.9. The Bertz CT molecular complexity index is 1630. The predicted molar refractivity (Wildman–Crippen MR) is 155 cm³/mol. The van der Waals surface area contributed by atoms with Crippen LogP contribution in [0.15, 0.2) is 42.6 Å². The van der Waals surface area contributed by atoms with Crippen LogP contribution in [0.3, 0.4) is 0 Å². The molecule has 6 heterocycles. The van der Waals surface area contributed by atoms with Gasteiger partial charge in [0.15, 0.2) is 5.82 Å². The fourth-order valence-corrected chi connectivity index (χ4v) is 7.80. The first kappa shape index (κ1) is 25.2. The zero-order chi connectivity index (χ0) is 27.6. The highest BCUT2D eigenvalue weighted by molar-refractivity contribution is 5.99. The van der Waals surface area contributed by atoms with Crippen molar-refractivity contribution in [2.24, 2.45) is 11.8 Å². The summed E-state index contributed by atoms with van der Waals surface area (Å²) in [5, 5.41) is 12.6. The van der Waals surface area contributed by atoms with Crippen LogP contribution in [-0.2, 0) is 4.74 Å². The number of benzene rings is 2. The summed E-state index contributed by atoms with van der Waals surface area (Å²) in [6, 6.07) is 11.1.